The Morgan fingerprint density at radius 1 is 1.00 bits per heavy atom. The highest BCUT2D eigenvalue weighted by Gasteiger charge is 2.31. The molecule has 1 amide bonds. The van der Waals surface area contributed by atoms with Crippen LogP contribution in [0.15, 0.2) is 66.7 Å². The lowest BCUT2D eigenvalue weighted by Gasteiger charge is -2.24. The van der Waals surface area contributed by atoms with Gasteiger partial charge in [-0.05, 0) is 35.4 Å². The van der Waals surface area contributed by atoms with Crippen molar-refractivity contribution >= 4 is 28.4 Å². The normalized spacial score (nSPS) is 17.4. The number of thioether (sulfide) groups is 1. The molecular weight excluding hydrogens is 314 g/mol. The number of carbonyl (C=O) groups is 1. The van der Waals surface area contributed by atoms with Crippen molar-refractivity contribution in [1.29, 1.82) is 0 Å². The second-order valence-corrected chi connectivity index (χ2v) is 7.38. The van der Waals surface area contributed by atoms with Crippen LogP contribution in [0.3, 0.4) is 0 Å². The van der Waals surface area contributed by atoms with E-state index in [0.717, 1.165) is 23.2 Å². The molecule has 2 nitrogen and oxygen atoms in total. The molecule has 1 aliphatic heterocycles. The molecule has 24 heavy (non-hydrogen) atoms. The van der Waals surface area contributed by atoms with Crippen molar-refractivity contribution in [3.05, 3.63) is 83.4 Å². The van der Waals surface area contributed by atoms with Crippen molar-refractivity contribution in [3.8, 4) is 0 Å². The zero-order valence-corrected chi connectivity index (χ0v) is 14.4. The molecule has 3 aromatic rings. The molecule has 1 saturated heterocycles. The Labute approximate surface area is 146 Å². The predicted octanol–water partition coefficient (Wildman–Crippen LogP) is 5.04. The third kappa shape index (κ3) is 2.80. The van der Waals surface area contributed by atoms with E-state index in [4.69, 9.17) is 0 Å². The molecule has 0 aromatic heterocycles. The average Bonchev–Trinajstić information content (AvgIpc) is 3.11. The Hall–Kier alpha value is -2.26. The minimum atomic E-state index is 0.115. The van der Waals surface area contributed by atoms with E-state index in [1.165, 1.54) is 16.5 Å². The van der Waals surface area contributed by atoms with Gasteiger partial charge in [-0.15, -0.1) is 11.8 Å². The Kier molecular flexibility index (Phi) is 4.03. The van der Waals surface area contributed by atoms with Crippen LogP contribution in [0, 0.1) is 6.92 Å². The van der Waals surface area contributed by atoms with Gasteiger partial charge in [0.2, 0.25) is 0 Å². The van der Waals surface area contributed by atoms with Gasteiger partial charge >= 0.3 is 0 Å². The van der Waals surface area contributed by atoms with Gasteiger partial charge in [-0.2, -0.15) is 0 Å². The zero-order chi connectivity index (χ0) is 16.5. The molecule has 0 radical (unpaired) electrons. The van der Waals surface area contributed by atoms with Crippen molar-refractivity contribution in [2.24, 2.45) is 0 Å². The van der Waals surface area contributed by atoms with Gasteiger partial charge in [0.25, 0.3) is 5.91 Å². The van der Waals surface area contributed by atoms with Crippen LogP contribution >= 0.6 is 11.8 Å². The number of rotatable bonds is 2. The second kappa shape index (κ2) is 6.33. The summed E-state index contributed by atoms with van der Waals surface area (Å²) in [6, 6.07) is 22.7. The lowest BCUT2D eigenvalue weighted by molar-refractivity contribution is 0.0760. The highest BCUT2D eigenvalue weighted by atomic mass is 32.2. The van der Waals surface area contributed by atoms with Crippen LogP contribution in [0.5, 0.6) is 0 Å². The molecule has 0 N–H and O–H groups in total. The van der Waals surface area contributed by atoms with Crippen LogP contribution in [0.25, 0.3) is 10.8 Å². The molecule has 0 bridgehead atoms. The molecule has 3 heteroatoms. The fourth-order valence-electron chi connectivity index (χ4n) is 3.17. The molecule has 3 aromatic carbocycles. The highest BCUT2D eigenvalue weighted by molar-refractivity contribution is 7.99. The molecular formula is C21H19NOS. The Morgan fingerprint density at radius 3 is 2.54 bits per heavy atom. The van der Waals surface area contributed by atoms with E-state index in [9.17, 15) is 4.79 Å². The van der Waals surface area contributed by atoms with E-state index < -0.39 is 0 Å². The summed E-state index contributed by atoms with van der Waals surface area (Å²) < 4.78 is 0. The van der Waals surface area contributed by atoms with E-state index in [1.807, 2.05) is 47.0 Å². The van der Waals surface area contributed by atoms with E-state index >= 15 is 0 Å². The van der Waals surface area contributed by atoms with Gasteiger partial charge in [0.1, 0.15) is 5.37 Å². The molecule has 1 aliphatic rings. The molecule has 1 heterocycles. The summed E-state index contributed by atoms with van der Waals surface area (Å²) in [5.41, 5.74) is 3.22. The molecule has 1 unspecified atom stereocenters. The van der Waals surface area contributed by atoms with Gasteiger partial charge < -0.3 is 4.90 Å². The Balaban J connectivity index is 1.65. The van der Waals surface area contributed by atoms with Crippen LogP contribution in [0.4, 0.5) is 0 Å². The Bertz CT molecular complexity index is 888. The summed E-state index contributed by atoms with van der Waals surface area (Å²) in [6.07, 6.45) is 0. The second-order valence-electron chi connectivity index (χ2n) is 6.19. The number of aryl methyl sites for hydroxylation is 1. The molecule has 0 saturated carbocycles. The van der Waals surface area contributed by atoms with Crippen LogP contribution in [-0.2, 0) is 0 Å². The van der Waals surface area contributed by atoms with Crippen molar-refractivity contribution in [3.63, 3.8) is 0 Å². The first kappa shape index (κ1) is 15.3. The predicted molar refractivity (Wildman–Crippen MR) is 101 cm³/mol. The van der Waals surface area contributed by atoms with Crippen molar-refractivity contribution in [2.45, 2.75) is 12.3 Å². The zero-order valence-electron chi connectivity index (χ0n) is 13.6. The lowest BCUT2D eigenvalue weighted by Crippen LogP contribution is -2.30. The van der Waals surface area contributed by atoms with Crippen LogP contribution < -0.4 is 0 Å². The van der Waals surface area contributed by atoms with Gasteiger partial charge in [-0.1, -0.05) is 60.2 Å². The monoisotopic (exact) mass is 333 g/mol. The number of amides is 1. The summed E-state index contributed by atoms with van der Waals surface area (Å²) in [7, 11) is 0. The topological polar surface area (TPSA) is 20.3 Å². The maximum Gasteiger partial charge on any atom is 0.255 e. The van der Waals surface area contributed by atoms with E-state index in [1.54, 1.807) is 0 Å². The Morgan fingerprint density at radius 2 is 1.75 bits per heavy atom. The SMILES string of the molecule is Cc1ccc(C2SCCN2C(=O)c2ccc3ccccc3c2)cc1. The molecule has 4 rings (SSSR count). The van der Waals surface area contributed by atoms with Gasteiger partial charge in [0.15, 0.2) is 0 Å². The number of benzene rings is 3. The number of hydrogen-bond donors (Lipinski definition) is 0. The summed E-state index contributed by atoms with van der Waals surface area (Å²) >= 11 is 1.84. The fourth-order valence-corrected chi connectivity index (χ4v) is 4.43. The van der Waals surface area contributed by atoms with Gasteiger partial charge in [0, 0.05) is 17.9 Å². The summed E-state index contributed by atoms with van der Waals surface area (Å²) in [5.74, 6) is 1.11. The van der Waals surface area contributed by atoms with Crippen molar-refractivity contribution in [1.82, 2.24) is 4.90 Å². The number of nitrogens with zero attached hydrogens (tertiary/aromatic N) is 1. The molecule has 1 atom stereocenters. The average molecular weight is 333 g/mol. The van der Waals surface area contributed by atoms with Gasteiger partial charge in [-0.3, -0.25) is 4.79 Å². The number of fused-ring (bicyclic) bond motifs is 1. The first-order chi connectivity index (χ1) is 11.7. The van der Waals surface area contributed by atoms with Crippen molar-refractivity contribution < 1.29 is 4.79 Å². The first-order valence-corrected chi connectivity index (χ1v) is 9.25. The van der Waals surface area contributed by atoms with Gasteiger partial charge in [0.05, 0.1) is 0 Å². The molecule has 0 spiro atoms. The first-order valence-electron chi connectivity index (χ1n) is 8.20. The van der Waals surface area contributed by atoms with Crippen LogP contribution in [0.1, 0.15) is 26.9 Å². The minimum Gasteiger partial charge on any atom is -0.322 e. The van der Waals surface area contributed by atoms with Crippen molar-refractivity contribution in [2.75, 3.05) is 12.3 Å². The maximum absolute atomic E-state index is 13.1. The van der Waals surface area contributed by atoms with Gasteiger partial charge in [-0.25, -0.2) is 0 Å². The third-order valence-electron chi connectivity index (χ3n) is 4.51. The lowest BCUT2D eigenvalue weighted by atomic mass is 10.1. The van der Waals surface area contributed by atoms with E-state index in [0.29, 0.717) is 0 Å². The van der Waals surface area contributed by atoms with Crippen LogP contribution in [0.2, 0.25) is 0 Å². The standard InChI is InChI=1S/C21H19NOS/c1-15-6-8-17(9-7-15)21-22(12-13-24-21)20(23)19-11-10-16-4-2-3-5-18(16)14-19/h2-11,14,21H,12-13H2,1H3. The van der Waals surface area contributed by atoms with Crippen LogP contribution in [-0.4, -0.2) is 23.1 Å². The quantitative estimate of drug-likeness (QED) is 0.655. The number of carbonyl (C=O) groups excluding carboxylic acids is 1. The largest absolute Gasteiger partial charge is 0.322 e. The van der Waals surface area contributed by atoms with E-state index in [-0.39, 0.29) is 11.3 Å². The highest BCUT2D eigenvalue weighted by Crippen LogP contribution is 2.38. The summed E-state index contributed by atoms with van der Waals surface area (Å²) in [5, 5.41) is 2.39. The molecule has 1 fully saturated rings. The summed E-state index contributed by atoms with van der Waals surface area (Å²) in [6.45, 7) is 2.89. The smallest absolute Gasteiger partial charge is 0.255 e. The maximum atomic E-state index is 13.1. The summed E-state index contributed by atoms with van der Waals surface area (Å²) in [4.78, 5) is 15.1. The third-order valence-corrected chi connectivity index (χ3v) is 5.77. The number of hydrogen-bond acceptors (Lipinski definition) is 2. The minimum absolute atomic E-state index is 0.115. The molecule has 0 aliphatic carbocycles. The fraction of sp³-hybridized carbons (Fsp3) is 0.190. The van der Waals surface area contributed by atoms with E-state index in [2.05, 4.69) is 43.3 Å². The molecule has 120 valence electrons.